The number of anilines is 2. The van der Waals surface area contributed by atoms with Crippen molar-refractivity contribution in [1.29, 1.82) is 0 Å². The fraction of sp³-hybridized carbons (Fsp3) is 0.444. The molecule has 0 spiro atoms. The maximum atomic E-state index is 12.5. The van der Waals surface area contributed by atoms with Crippen LogP contribution in [0.1, 0.15) is 121 Å². The third-order valence-electron chi connectivity index (χ3n) is 13.7. The van der Waals surface area contributed by atoms with Crippen LogP contribution < -0.4 is 68.9 Å². The van der Waals surface area contributed by atoms with Crippen LogP contribution in [0, 0.1) is 20.8 Å². The molecule has 0 aromatic heterocycles. The van der Waals surface area contributed by atoms with Crippen molar-refractivity contribution in [3.8, 4) is 0 Å². The minimum Gasteiger partial charge on any atom is -0.748 e. The maximum Gasteiger partial charge on any atom is 1.00 e. The number of carbonyl (C=O) groups is 3. The summed E-state index contributed by atoms with van der Waals surface area (Å²) in [4.78, 5) is 46.0. The van der Waals surface area contributed by atoms with E-state index in [-0.39, 0.29) is 90.2 Å². The van der Waals surface area contributed by atoms with E-state index in [1.807, 2.05) is 0 Å². The van der Waals surface area contributed by atoms with Gasteiger partial charge in [-0.25, -0.2) is 13.2 Å². The Labute approximate surface area is 505 Å². The number of amides is 2. The quantitative estimate of drug-likeness (QED) is 0.0420. The third-order valence-corrected chi connectivity index (χ3v) is 14.9. The molecule has 17 nitrogen and oxygen atoms in total. The van der Waals surface area contributed by atoms with E-state index in [1.54, 1.807) is 0 Å². The summed E-state index contributed by atoms with van der Waals surface area (Å²) in [6, 6.07) is 17.5. The second-order valence-corrected chi connectivity index (χ2v) is 22.4. The van der Waals surface area contributed by atoms with E-state index in [9.17, 15) is 27.4 Å². The Balaban J connectivity index is 0.00000146. The number of rotatable bonds is 19. The van der Waals surface area contributed by atoms with Gasteiger partial charge in [0.1, 0.15) is 6.54 Å². The van der Waals surface area contributed by atoms with Gasteiger partial charge in [0, 0.05) is 83.2 Å². The largest absolute Gasteiger partial charge is 1.00 e. The van der Waals surface area contributed by atoms with Crippen molar-refractivity contribution in [2.75, 3.05) is 41.7 Å². The van der Waals surface area contributed by atoms with Gasteiger partial charge in [-0.3, -0.25) is 9.59 Å². The van der Waals surface area contributed by atoms with E-state index in [1.165, 1.54) is 21.9 Å². The van der Waals surface area contributed by atoms with Crippen molar-refractivity contribution in [2.45, 2.75) is 122 Å². The fourth-order valence-electron chi connectivity index (χ4n) is 10.3. The van der Waals surface area contributed by atoms with E-state index < -0.39 is 60.3 Å². The summed E-state index contributed by atoms with van der Waals surface area (Å²) in [6.45, 7) is 21.9. The van der Waals surface area contributed by atoms with Crippen LogP contribution in [0.2, 0.25) is 0 Å². The molecule has 23 heteroatoms. The van der Waals surface area contributed by atoms with Crippen LogP contribution in [0.5, 0.6) is 0 Å². The molecule has 3 aromatic rings. The molecule has 1 aliphatic carbocycles. The first kappa shape index (κ1) is 67.5. The summed E-state index contributed by atoms with van der Waals surface area (Å²) >= 11 is 7.37. The van der Waals surface area contributed by atoms with Crippen LogP contribution in [-0.2, 0) is 61.4 Å². The van der Waals surface area contributed by atoms with E-state index in [0.717, 1.165) is 115 Å². The molecule has 406 valence electrons. The molecule has 0 bridgehead atoms. The summed E-state index contributed by atoms with van der Waals surface area (Å²) in [7, 11) is -10.6. The first-order valence-electron chi connectivity index (χ1n) is 24.8. The number of aryl methyl sites for hydroxylation is 1. The zero-order valence-corrected chi connectivity index (χ0v) is 52.3. The Hall–Kier alpha value is -3.80. The van der Waals surface area contributed by atoms with Gasteiger partial charge in [-0.15, -0.1) is 30.3 Å². The Morgan fingerprint density at radius 3 is 2.08 bits per heavy atom. The van der Waals surface area contributed by atoms with Gasteiger partial charge in [0.25, 0.3) is 11.8 Å². The number of nitrogens with zero attached hydrogens (tertiary/aromatic N) is 4. The normalized spacial score (nSPS) is 17.4. The van der Waals surface area contributed by atoms with E-state index in [4.69, 9.17) is 41.7 Å². The molecule has 1 fully saturated rings. The molecule has 0 N–H and O–H groups in total. The molecule has 4 aliphatic rings. The van der Waals surface area contributed by atoms with Crippen molar-refractivity contribution in [1.82, 2.24) is 5.06 Å². The van der Waals surface area contributed by atoms with Gasteiger partial charge in [-0.2, -0.15) is 17.4 Å². The summed E-state index contributed by atoms with van der Waals surface area (Å²) < 4.78 is 88.1. The molecule has 77 heavy (non-hydrogen) atoms. The minimum atomic E-state index is -4.37. The van der Waals surface area contributed by atoms with Crippen LogP contribution in [0.25, 0.3) is 10.8 Å². The van der Waals surface area contributed by atoms with Gasteiger partial charge in [0.2, 0.25) is 5.69 Å². The zero-order valence-electron chi connectivity index (χ0n) is 45.1. The molecule has 1 saturated heterocycles. The smallest absolute Gasteiger partial charge is 0.748 e. The Morgan fingerprint density at radius 1 is 0.831 bits per heavy atom. The van der Waals surface area contributed by atoms with Gasteiger partial charge in [0.05, 0.1) is 15.5 Å². The molecule has 0 radical (unpaired) electrons. The van der Waals surface area contributed by atoms with Crippen LogP contribution >= 0.6 is 11.6 Å². The van der Waals surface area contributed by atoms with Gasteiger partial charge >= 0.3 is 86.3 Å². The van der Waals surface area contributed by atoms with Crippen LogP contribution in [0.4, 0.5) is 17.1 Å². The topological polar surface area (TPSA) is 233 Å². The van der Waals surface area contributed by atoms with Gasteiger partial charge in [-0.05, 0) is 130 Å². The number of carbonyl (C=O) groups excluding carboxylic acids is 3. The fourth-order valence-corrected chi connectivity index (χ4v) is 11.1. The summed E-state index contributed by atoms with van der Waals surface area (Å²) in [5.74, 6) is -1.97. The molecule has 7 rings (SSSR count). The van der Waals surface area contributed by atoms with Gasteiger partial charge in [-0.1, -0.05) is 61.4 Å². The molecular formula is C54H65ClN4Na2O13S3. The number of halogens is 1. The average molecular weight is 1160 g/mol. The average Bonchev–Trinajstić information content (AvgIpc) is 3.84. The van der Waals surface area contributed by atoms with Crippen molar-refractivity contribution in [3.05, 3.63) is 125 Å². The van der Waals surface area contributed by atoms with Crippen molar-refractivity contribution in [2.24, 2.45) is 0 Å². The number of hydrogen-bond donors (Lipinski definition) is 0. The van der Waals surface area contributed by atoms with Gasteiger partial charge < -0.3 is 33.0 Å². The Bertz CT molecular complexity index is 3150. The molecule has 3 heterocycles. The molecule has 0 atom stereocenters. The SMILES string of the molecule is O=S(=O)=O.O=S(=O)=O.[CH2-]CCN(CC[CH2-])c1ccc2c(c1)C(C)(C)C(=CC=C1CCCC(C=CC3=[N+](CCCCCC(=O)ON4C(=O)CCC4=O)c4ccc5cc(C)ccc5c4C3(C)C)=C1Cl)N2CCCS(=O)(=O)[O-].[Na+].[Na+]. The number of allylic oxidation sites excluding steroid dienone is 8. The molecule has 3 aromatic carbocycles. The van der Waals surface area contributed by atoms with Crippen LogP contribution in [0.15, 0.2) is 94.7 Å². The van der Waals surface area contributed by atoms with E-state index in [0.29, 0.717) is 18.0 Å². The van der Waals surface area contributed by atoms with Crippen molar-refractivity contribution in [3.63, 3.8) is 0 Å². The predicted octanol–water partition coefficient (Wildman–Crippen LogP) is 2.72. The molecule has 2 amide bonds. The number of hydroxylamine groups is 2. The number of imide groups is 1. The monoisotopic (exact) mass is 1150 g/mol. The number of fused-ring (bicyclic) bond motifs is 4. The van der Waals surface area contributed by atoms with Crippen molar-refractivity contribution < 1.29 is 121 Å². The Morgan fingerprint density at radius 2 is 1.47 bits per heavy atom. The predicted molar refractivity (Wildman–Crippen MR) is 287 cm³/mol. The van der Waals surface area contributed by atoms with Gasteiger partial charge in [0.15, 0.2) is 5.71 Å². The minimum absolute atomic E-state index is 0. The number of hydrogen-bond acceptors (Lipinski definition) is 15. The van der Waals surface area contributed by atoms with Crippen molar-refractivity contribution >= 4 is 94.3 Å². The van der Waals surface area contributed by atoms with E-state index in [2.05, 4.69) is 136 Å². The molecule has 3 aliphatic heterocycles. The summed E-state index contributed by atoms with van der Waals surface area (Å²) in [5.41, 5.74) is 10.3. The third kappa shape index (κ3) is 17.8. The maximum absolute atomic E-state index is 12.5. The second kappa shape index (κ2) is 30.1. The summed E-state index contributed by atoms with van der Waals surface area (Å²) in [5, 5.41) is 3.74. The standard InChI is InChI=1S/C54H66ClN4O7S.2Na.2O3S/c1-8-30-56(31-9-2)41-22-25-44-43(36-41)53(4,5)46(57(44)33-14-34-67(63,64)65)26-20-38-15-13-16-39(52(38)55)21-27-47-54(6,7)51-42-23-18-37(3)35-40(42)19-24-45(51)58(47)32-12-10-11-17-50(62)66-59-48(60)28-29-49(59)61;;;2*1-4(2)3/h18-27,35-36H,1-2,8-17,28-34H2,3-7H3,(H,63,64,65);;;;/q-1;2*+1;;/p-1. The first-order chi connectivity index (χ1) is 35.3. The number of benzene rings is 3. The van der Waals surface area contributed by atoms with Crippen LogP contribution in [-0.4, -0.2) is 103 Å². The number of unbranched alkanes of at least 4 members (excludes halogenated alkanes) is 2. The first-order valence-corrected chi connectivity index (χ1v) is 28.7. The molecule has 0 saturated carbocycles. The van der Waals surface area contributed by atoms with E-state index >= 15 is 0 Å². The van der Waals surface area contributed by atoms with Crippen LogP contribution in [0.3, 0.4) is 0 Å². The Kier molecular flexibility index (Phi) is 26.4. The summed E-state index contributed by atoms with van der Waals surface area (Å²) in [6.07, 6.45) is 15.3. The zero-order chi connectivity index (χ0) is 55.4. The molecular weight excluding hydrogens is 1090 g/mol. The molecule has 0 unspecified atom stereocenters. The second-order valence-electron chi connectivity index (χ2n) is 19.7.